The van der Waals surface area contributed by atoms with Crippen LogP contribution >= 0.6 is 0 Å². The van der Waals surface area contributed by atoms with Crippen molar-refractivity contribution in [3.05, 3.63) is 60.2 Å². The molecule has 1 fully saturated rings. The van der Waals surface area contributed by atoms with Gasteiger partial charge in [0, 0.05) is 31.7 Å². The first kappa shape index (κ1) is 23.0. The largest absolute Gasteiger partial charge is 0.352 e. The molecule has 1 atom stereocenters. The number of benzene rings is 2. The Balaban J connectivity index is 1.69. The van der Waals surface area contributed by atoms with E-state index in [0.717, 1.165) is 5.56 Å². The topological polar surface area (TPSA) is 95.6 Å². The van der Waals surface area contributed by atoms with Crippen LogP contribution in [0.25, 0.3) is 0 Å². The minimum absolute atomic E-state index is 0.129. The van der Waals surface area contributed by atoms with Gasteiger partial charge in [-0.2, -0.15) is 4.31 Å². The molecule has 1 aliphatic rings. The van der Waals surface area contributed by atoms with Gasteiger partial charge < -0.3 is 10.6 Å². The van der Waals surface area contributed by atoms with Crippen LogP contribution in [0.4, 0.5) is 5.69 Å². The molecule has 166 valence electrons. The summed E-state index contributed by atoms with van der Waals surface area (Å²) in [7, 11) is -3.74. The Hall–Kier alpha value is -2.71. The van der Waals surface area contributed by atoms with Crippen molar-refractivity contribution in [1.82, 2.24) is 9.62 Å². The normalized spacial score (nSPS) is 19.5. The third-order valence-corrected chi connectivity index (χ3v) is 7.46. The molecule has 2 aromatic carbocycles. The monoisotopic (exact) mass is 443 g/mol. The number of carbonyl (C=O) groups excluding carboxylic acids is 2. The smallest absolute Gasteiger partial charge is 0.243 e. The molecule has 1 unspecified atom stereocenters. The van der Waals surface area contributed by atoms with Gasteiger partial charge in [-0.15, -0.1) is 0 Å². The molecule has 0 aliphatic carbocycles. The Morgan fingerprint density at radius 2 is 1.74 bits per heavy atom. The Morgan fingerprint density at radius 3 is 2.39 bits per heavy atom. The van der Waals surface area contributed by atoms with Crippen molar-refractivity contribution < 1.29 is 18.0 Å². The summed E-state index contributed by atoms with van der Waals surface area (Å²) < 4.78 is 27.7. The van der Waals surface area contributed by atoms with Crippen molar-refractivity contribution in [2.75, 3.05) is 18.4 Å². The number of nitrogens with zero attached hydrogens (tertiary/aromatic N) is 1. The van der Waals surface area contributed by atoms with Crippen molar-refractivity contribution in [1.29, 1.82) is 0 Å². The molecule has 31 heavy (non-hydrogen) atoms. The molecule has 3 rings (SSSR count). The number of sulfonamides is 1. The SMILES string of the molecule is CCC(=O)Nc1ccc(S(=O)(=O)N2CCCC(C)(C(=O)NCc3ccccc3)C2)cc1. The van der Waals surface area contributed by atoms with Gasteiger partial charge in [-0.1, -0.05) is 37.3 Å². The van der Waals surface area contributed by atoms with Gasteiger partial charge in [0.2, 0.25) is 21.8 Å². The minimum Gasteiger partial charge on any atom is -0.352 e. The number of anilines is 1. The van der Waals surface area contributed by atoms with Crippen molar-refractivity contribution in [3.8, 4) is 0 Å². The molecular formula is C23H29N3O4S. The maximum atomic E-state index is 13.2. The third-order valence-electron chi connectivity index (χ3n) is 5.60. The van der Waals surface area contributed by atoms with Gasteiger partial charge in [0.15, 0.2) is 0 Å². The lowest BCUT2D eigenvalue weighted by atomic mass is 9.82. The molecule has 0 spiro atoms. The summed E-state index contributed by atoms with van der Waals surface area (Å²) in [4.78, 5) is 24.6. The molecule has 1 saturated heterocycles. The van der Waals surface area contributed by atoms with Crippen LogP contribution in [0.3, 0.4) is 0 Å². The van der Waals surface area contributed by atoms with Gasteiger partial charge in [-0.3, -0.25) is 9.59 Å². The van der Waals surface area contributed by atoms with E-state index in [-0.39, 0.29) is 23.3 Å². The Morgan fingerprint density at radius 1 is 1.06 bits per heavy atom. The summed E-state index contributed by atoms with van der Waals surface area (Å²) in [5, 5.41) is 5.66. The third kappa shape index (κ3) is 5.51. The first-order valence-corrected chi connectivity index (χ1v) is 11.9. The molecule has 1 heterocycles. The minimum atomic E-state index is -3.74. The molecular weight excluding hydrogens is 414 g/mol. The van der Waals surface area contributed by atoms with Crippen LogP contribution in [0.15, 0.2) is 59.5 Å². The quantitative estimate of drug-likeness (QED) is 0.687. The number of hydrogen-bond donors (Lipinski definition) is 2. The Bertz CT molecular complexity index is 1020. The summed E-state index contributed by atoms with van der Waals surface area (Å²) in [6, 6.07) is 15.8. The number of rotatable bonds is 7. The van der Waals surface area contributed by atoms with Crippen LogP contribution in [0.5, 0.6) is 0 Å². The molecule has 2 aromatic rings. The highest BCUT2D eigenvalue weighted by Gasteiger charge is 2.41. The maximum Gasteiger partial charge on any atom is 0.243 e. The fraction of sp³-hybridized carbons (Fsp3) is 0.391. The highest BCUT2D eigenvalue weighted by Crippen LogP contribution is 2.33. The first-order chi connectivity index (χ1) is 14.7. The highest BCUT2D eigenvalue weighted by molar-refractivity contribution is 7.89. The van der Waals surface area contributed by atoms with Gasteiger partial charge >= 0.3 is 0 Å². The molecule has 1 aliphatic heterocycles. The zero-order valence-corrected chi connectivity index (χ0v) is 18.7. The van der Waals surface area contributed by atoms with Crippen molar-refractivity contribution >= 4 is 27.5 Å². The Kier molecular flexibility index (Phi) is 7.12. The molecule has 2 N–H and O–H groups in total. The zero-order chi connectivity index (χ0) is 22.5. The van der Waals surface area contributed by atoms with E-state index in [0.29, 0.717) is 38.0 Å². The summed E-state index contributed by atoms with van der Waals surface area (Å²) in [6.45, 7) is 4.48. The summed E-state index contributed by atoms with van der Waals surface area (Å²) in [6.07, 6.45) is 1.58. The second kappa shape index (κ2) is 9.62. The van der Waals surface area contributed by atoms with E-state index >= 15 is 0 Å². The van der Waals surface area contributed by atoms with Crippen LogP contribution < -0.4 is 10.6 Å². The van der Waals surface area contributed by atoms with Crippen LogP contribution in [0.2, 0.25) is 0 Å². The lowest BCUT2D eigenvalue weighted by Crippen LogP contribution is -2.51. The standard InChI is InChI=1S/C23H29N3O4S/c1-3-21(27)25-19-10-12-20(13-11-19)31(29,30)26-15-7-14-23(2,17-26)22(28)24-16-18-8-5-4-6-9-18/h4-6,8-13H,3,7,14-17H2,1-2H3,(H,24,28)(H,25,27). The van der Waals surface area contributed by atoms with E-state index < -0.39 is 15.4 Å². The molecule has 0 bridgehead atoms. The fourth-order valence-electron chi connectivity index (χ4n) is 3.68. The van der Waals surface area contributed by atoms with Gasteiger partial charge in [-0.25, -0.2) is 8.42 Å². The molecule has 0 radical (unpaired) electrons. The number of amides is 2. The van der Waals surface area contributed by atoms with E-state index in [1.165, 1.54) is 16.4 Å². The van der Waals surface area contributed by atoms with E-state index in [1.807, 2.05) is 37.3 Å². The average molecular weight is 444 g/mol. The van der Waals surface area contributed by atoms with Crippen LogP contribution in [-0.2, 0) is 26.2 Å². The lowest BCUT2D eigenvalue weighted by molar-refractivity contribution is -0.132. The van der Waals surface area contributed by atoms with Crippen molar-refractivity contribution in [2.24, 2.45) is 5.41 Å². The van der Waals surface area contributed by atoms with Gasteiger partial charge in [0.05, 0.1) is 10.3 Å². The van der Waals surface area contributed by atoms with Crippen LogP contribution in [-0.4, -0.2) is 37.6 Å². The van der Waals surface area contributed by atoms with Crippen LogP contribution in [0.1, 0.15) is 38.7 Å². The molecule has 0 aromatic heterocycles. The maximum absolute atomic E-state index is 13.2. The summed E-state index contributed by atoms with van der Waals surface area (Å²) >= 11 is 0. The van der Waals surface area contributed by atoms with Crippen molar-refractivity contribution in [2.45, 2.75) is 44.6 Å². The van der Waals surface area contributed by atoms with Gasteiger partial charge in [0.25, 0.3) is 0 Å². The number of carbonyl (C=O) groups is 2. The van der Waals surface area contributed by atoms with E-state index in [4.69, 9.17) is 0 Å². The van der Waals surface area contributed by atoms with Crippen molar-refractivity contribution in [3.63, 3.8) is 0 Å². The zero-order valence-electron chi connectivity index (χ0n) is 17.9. The average Bonchev–Trinajstić information content (AvgIpc) is 2.78. The predicted octanol–water partition coefficient (Wildman–Crippen LogP) is 3.14. The second-order valence-electron chi connectivity index (χ2n) is 8.10. The molecule has 8 heteroatoms. The van der Waals surface area contributed by atoms with Crippen LogP contribution in [0, 0.1) is 5.41 Å². The highest BCUT2D eigenvalue weighted by atomic mass is 32.2. The van der Waals surface area contributed by atoms with Gasteiger partial charge in [-0.05, 0) is 49.6 Å². The number of nitrogens with one attached hydrogen (secondary N) is 2. The second-order valence-corrected chi connectivity index (χ2v) is 10.0. The number of hydrogen-bond acceptors (Lipinski definition) is 4. The van der Waals surface area contributed by atoms with E-state index in [2.05, 4.69) is 10.6 Å². The molecule has 2 amide bonds. The summed E-state index contributed by atoms with van der Waals surface area (Å²) in [5.41, 5.74) is 0.749. The Labute approximate surface area is 183 Å². The predicted molar refractivity (Wildman–Crippen MR) is 120 cm³/mol. The van der Waals surface area contributed by atoms with E-state index in [1.54, 1.807) is 19.1 Å². The number of piperidine rings is 1. The fourth-order valence-corrected chi connectivity index (χ4v) is 5.29. The van der Waals surface area contributed by atoms with Gasteiger partial charge in [0.1, 0.15) is 0 Å². The van der Waals surface area contributed by atoms with E-state index in [9.17, 15) is 18.0 Å². The first-order valence-electron chi connectivity index (χ1n) is 10.5. The summed E-state index contributed by atoms with van der Waals surface area (Å²) in [5.74, 6) is -0.280. The molecule has 7 nitrogen and oxygen atoms in total. The molecule has 0 saturated carbocycles. The lowest BCUT2D eigenvalue weighted by Gasteiger charge is -2.38.